The first kappa shape index (κ1) is 13.4. The Bertz CT molecular complexity index is 609. The SMILES string of the molecule is CC(C)(C)NCc1cc2ccccc2c(NC2CC2)n1. The molecule has 1 aromatic carbocycles. The molecular weight excluding hydrogens is 246 g/mol. The van der Waals surface area contributed by atoms with Crippen molar-refractivity contribution < 1.29 is 0 Å². The van der Waals surface area contributed by atoms with E-state index in [2.05, 4.69) is 61.7 Å². The molecule has 0 radical (unpaired) electrons. The minimum absolute atomic E-state index is 0.109. The molecule has 1 heterocycles. The number of hydrogen-bond donors (Lipinski definition) is 2. The molecule has 20 heavy (non-hydrogen) atoms. The molecule has 0 aliphatic heterocycles. The van der Waals surface area contributed by atoms with Gasteiger partial charge in [0.1, 0.15) is 5.82 Å². The minimum Gasteiger partial charge on any atom is -0.367 e. The van der Waals surface area contributed by atoms with Crippen molar-refractivity contribution in [2.24, 2.45) is 0 Å². The number of pyridine rings is 1. The summed E-state index contributed by atoms with van der Waals surface area (Å²) in [7, 11) is 0. The molecule has 1 fully saturated rings. The zero-order valence-electron chi connectivity index (χ0n) is 12.5. The summed E-state index contributed by atoms with van der Waals surface area (Å²) >= 11 is 0. The number of hydrogen-bond acceptors (Lipinski definition) is 3. The Balaban J connectivity index is 1.92. The van der Waals surface area contributed by atoms with Gasteiger partial charge in [0.15, 0.2) is 0 Å². The summed E-state index contributed by atoms with van der Waals surface area (Å²) in [5, 5.41) is 9.55. The van der Waals surface area contributed by atoms with E-state index in [0.717, 1.165) is 18.1 Å². The fourth-order valence-corrected chi connectivity index (χ4v) is 2.23. The van der Waals surface area contributed by atoms with E-state index in [9.17, 15) is 0 Å². The van der Waals surface area contributed by atoms with Crippen LogP contribution in [0.25, 0.3) is 10.8 Å². The topological polar surface area (TPSA) is 37.0 Å². The van der Waals surface area contributed by atoms with Crippen molar-refractivity contribution in [1.29, 1.82) is 0 Å². The third kappa shape index (κ3) is 3.28. The standard InChI is InChI=1S/C17H23N3/c1-17(2,3)18-11-14-10-12-6-4-5-7-15(12)16(20-14)19-13-8-9-13/h4-7,10,13,18H,8-9,11H2,1-3H3,(H,19,20). The lowest BCUT2D eigenvalue weighted by Gasteiger charge is -2.20. The summed E-state index contributed by atoms with van der Waals surface area (Å²) in [6.07, 6.45) is 2.53. The summed E-state index contributed by atoms with van der Waals surface area (Å²) in [4.78, 5) is 4.81. The van der Waals surface area contributed by atoms with E-state index in [1.807, 2.05) is 0 Å². The van der Waals surface area contributed by atoms with Crippen molar-refractivity contribution in [1.82, 2.24) is 10.3 Å². The predicted molar refractivity (Wildman–Crippen MR) is 85.0 cm³/mol. The van der Waals surface area contributed by atoms with Crippen LogP contribution in [0.1, 0.15) is 39.3 Å². The first-order chi connectivity index (χ1) is 9.51. The molecule has 1 aliphatic carbocycles. The zero-order valence-corrected chi connectivity index (χ0v) is 12.5. The Morgan fingerprint density at radius 2 is 1.95 bits per heavy atom. The smallest absolute Gasteiger partial charge is 0.134 e. The number of rotatable bonds is 4. The van der Waals surface area contributed by atoms with Gasteiger partial charge < -0.3 is 10.6 Å². The van der Waals surface area contributed by atoms with E-state index >= 15 is 0 Å². The van der Waals surface area contributed by atoms with Crippen LogP contribution < -0.4 is 10.6 Å². The van der Waals surface area contributed by atoms with Crippen LogP contribution in [-0.4, -0.2) is 16.6 Å². The van der Waals surface area contributed by atoms with Gasteiger partial charge in [0.2, 0.25) is 0 Å². The lowest BCUT2D eigenvalue weighted by atomic mass is 10.1. The first-order valence-corrected chi connectivity index (χ1v) is 7.41. The summed E-state index contributed by atoms with van der Waals surface area (Å²) in [6.45, 7) is 7.33. The maximum atomic E-state index is 4.81. The minimum atomic E-state index is 0.109. The molecule has 0 spiro atoms. The van der Waals surface area contributed by atoms with Crippen molar-refractivity contribution >= 4 is 16.6 Å². The number of benzene rings is 1. The summed E-state index contributed by atoms with van der Waals surface area (Å²) in [5.74, 6) is 1.04. The molecule has 0 amide bonds. The number of nitrogens with one attached hydrogen (secondary N) is 2. The van der Waals surface area contributed by atoms with E-state index < -0.39 is 0 Å². The summed E-state index contributed by atoms with van der Waals surface area (Å²) in [6, 6.07) is 11.3. The van der Waals surface area contributed by atoms with Crippen LogP contribution in [0.3, 0.4) is 0 Å². The molecule has 3 nitrogen and oxygen atoms in total. The van der Waals surface area contributed by atoms with Crippen molar-refractivity contribution in [3.05, 3.63) is 36.0 Å². The van der Waals surface area contributed by atoms with E-state index in [0.29, 0.717) is 6.04 Å². The molecule has 1 saturated carbocycles. The molecule has 2 N–H and O–H groups in total. The highest BCUT2D eigenvalue weighted by molar-refractivity contribution is 5.92. The van der Waals surface area contributed by atoms with Crippen LogP contribution in [0.5, 0.6) is 0 Å². The highest BCUT2D eigenvalue weighted by Crippen LogP contribution is 2.29. The molecular formula is C17H23N3. The lowest BCUT2D eigenvalue weighted by Crippen LogP contribution is -2.35. The molecule has 0 saturated heterocycles. The lowest BCUT2D eigenvalue weighted by molar-refractivity contribution is 0.421. The third-order valence-corrected chi connectivity index (χ3v) is 3.51. The van der Waals surface area contributed by atoms with E-state index in [1.54, 1.807) is 0 Å². The maximum absolute atomic E-state index is 4.81. The van der Waals surface area contributed by atoms with Gasteiger partial charge in [-0.15, -0.1) is 0 Å². The van der Waals surface area contributed by atoms with Crippen molar-refractivity contribution in [2.45, 2.75) is 51.7 Å². The van der Waals surface area contributed by atoms with Gasteiger partial charge in [-0.3, -0.25) is 0 Å². The Kier molecular flexibility index (Phi) is 3.38. The highest BCUT2D eigenvalue weighted by Gasteiger charge is 2.22. The fraction of sp³-hybridized carbons (Fsp3) is 0.471. The van der Waals surface area contributed by atoms with Crippen LogP contribution in [0.2, 0.25) is 0 Å². The van der Waals surface area contributed by atoms with Crippen LogP contribution in [0.15, 0.2) is 30.3 Å². The first-order valence-electron chi connectivity index (χ1n) is 7.41. The van der Waals surface area contributed by atoms with Gasteiger partial charge in [0.25, 0.3) is 0 Å². The average Bonchev–Trinajstić information content (AvgIpc) is 3.20. The van der Waals surface area contributed by atoms with Gasteiger partial charge in [-0.25, -0.2) is 4.98 Å². The van der Waals surface area contributed by atoms with E-state index in [4.69, 9.17) is 4.98 Å². The van der Waals surface area contributed by atoms with Gasteiger partial charge in [-0.1, -0.05) is 24.3 Å². The monoisotopic (exact) mass is 269 g/mol. The zero-order chi connectivity index (χ0) is 14.2. The van der Waals surface area contributed by atoms with Crippen molar-refractivity contribution in [3.8, 4) is 0 Å². The van der Waals surface area contributed by atoms with Crippen LogP contribution in [0.4, 0.5) is 5.82 Å². The predicted octanol–water partition coefficient (Wildman–Crippen LogP) is 3.70. The maximum Gasteiger partial charge on any atom is 0.134 e. The highest BCUT2D eigenvalue weighted by atomic mass is 15.1. The summed E-state index contributed by atoms with van der Waals surface area (Å²) < 4.78 is 0. The molecule has 3 rings (SSSR count). The third-order valence-electron chi connectivity index (χ3n) is 3.51. The van der Waals surface area contributed by atoms with E-state index in [1.165, 1.54) is 23.6 Å². The molecule has 0 unspecified atom stereocenters. The van der Waals surface area contributed by atoms with E-state index in [-0.39, 0.29) is 5.54 Å². The number of fused-ring (bicyclic) bond motifs is 1. The van der Waals surface area contributed by atoms with Crippen LogP contribution in [0, 0.1) is 0 Å². The van der Waals surface area contributed by atoms with Gasteiger partial charge >= 0.3 is 0 Å². The molecule has 1 aromatic heterocycles. The fourth-order valence-electron chi connectivity index (χ4n) is 2.23. The quantitative estimate of drug-likeness (QED) is 0.888. The molecule has 106 valence electrons. The molecule has 0 atom stereocenters. The second kappa shape index (κ2) is 5.06. The second-order valence-electron chi connectivity index (χ2n) is 6.71. The Morgan fingerprint density at radius 3 is 2.65 bits per heavy atom. The normalized spacial score (nSPS) is 15.6. The number of aromatic nitrogens is 1. The Hall–Kier alpha value is -1.61. The van der Waals surface area contributed by atoms with Gasteiger partial charge in [0, 0.05) is 23.5 Å². The molecule has 3 heteroatoms. The Morgan fingerprint density at radius 1 is 1.20 bits per heavy atom. The number of anilines is 1. The second-order valence-corrected chi connectivity index (χ2v) is 6.71. The van der Waals surface area contributed by atoms with Gasteiger partial charge in [-0.05, 0) is 45.1 Å². The summed E-state index contributed by atoms with van der Waals surface area (Å²) in [5.41, 5.74) is 1.21. The van der Waals surface area contributed by atoms with Crippen molar-refractivity contribution in [3.63, 3.8) is 0 Å². The van der Waals surface area contributed by atoms with Crippen LogP contribution >= 0.6 is 0 Å². The van der Waals surface area contributed by atoms with Crippen molar-refractivity contribution in [2.75, 3.05) is 5.32 Å². The average molecular weight is 269 g/mol. The molecule has 2 aromatic rings. The largest absolute Gasteiger partial charge is 0.367 e. The van der Waals surface area contributed by atoms with Crippen LogP contribution in [-0.2, 0) is 6.54 Å². The van der Waals surface area contributed by atoms with Gasteiger partial charge in [-0.2, -0.15) is 0 Å². The van der Waals surface area contributed by atoms with Gasteiger partial charge in [0.05, 0.1) is 5.69 Å². The number of nitrogens with zero attached hydrogens (tertiary/aromatic N) is 1. The Labute approximate surface area is 120 Å². The molecule has 0 bridgehead atoms. The molecule has 1 aliphatic rings.